The lowest BCUT2D eigenvalue weighted by atomic mass is 10.2. The number of rotatable bonds is 2. The van der Waals surface area contributed by atoms with Crippen LogP contribution in [0.1, 0.15) is 15.4 Å². The topological polar surface area (TPSA) is 53.8 Å². The van der Waals surface area contributed by atoms with E-state index in [1.54, 1.807) is 23.5 Å². The van der Waals surface area contributed by atoms with Crippen molar-refractivity contribution in [2.45, 2.75) is 6.92 Å². The number of allylic oxidation sites excluding steroid dienone is 1. The molecule has 0 aliphatic carbocycles. The minimum Gasteiger partial charge on any atom is -0.267 e. The average Bonchev–Trinajstić information content (AvgIpc) is 2.90. The van der Waals surface area contributed by atoms with Gasteiger partial charge in [-0.1, -0.05) is 12.1 Å². The molecule has 0 N–H and O–H groups in total. The predicted molar refractivity (Wildman–Crippen MR) is 88.4 cm³/mol. The normalized spacial score (nSPS) is 11.5. The van der Waals surface area contributed by atoms with E-state index in [4.69, 9.17) is 0 Å². The molecule has 0 bridgehead atoms. The van der Waals surface area contributed by atoms with Gasteiger partial charge >= 0.3 is 0 Å². The van der Waals surface area contributed by atoms with Crippen molar-refractivity contribution in [1.82, 2.24) is 4.98 Å². The number of thiophene rings is 1. The predicted octanol–water partition coefficient (Wildman–Crippen LogP) is 4.09. The molecule has 3 nitrogen and oxygen atoms in total. The first-order chi connectivity index (χ1) is 10.2. The van der Waals surface area contributed by atoms with Crippen LogP contribution in [0.4, 0.5) is 0 Å². The third kappa shape index (κ3) is 2.64. The standard InChI is InChI=1S/C16H10N2OS2/c1-10-6-7-20-14(10)8-11(9-17)16-18-15(19)12-4-2-3-5-13(12)21-16/h2-8H,1H3. The molecule has 102 valence electrons. The fraction of sp³-hybridized carbons (Fsp3) is 0.0625. The van der Waals surface area contributed by atoms with Crippen molar-refractivity contribution in [1.29, 1.82) is 5.26 Å². The number of fused-ring (bicyclic) bond motifs is 1. The second-order valence-corrected chi connectivity index (χ2v) is 6.44. The summed E-state index contributed by atoms with van der Waals surface area (Å²) in [7, 11) is 0. The van der Waals surface area contributed by atoms with Crippen LogP contribution in [-0.4, -0.2) is 4.98 Å². The first-order valence-electron chi connectivity index (χ1n) is 6.25. The Morgan fingerprint density at radius 1 is 1.33 bits per heavy atom. The lowest BCUT2D eigenvalue weighted by molar-refractivity contribution is 1.28. The number of benzene rings is 1. The van der Waals surface area contributed by atoms with E-state index in [1.807, 2.05) is 36.6 Å². The Morgan fingerprint density at radius 3 is 2.86 bits per heavy atom. The molecule has 0 atom stereocenters. The molecule has 3 rings (SSSR count). The highest BCUT2D eigenvalue weighted by molar-refractivity contribution is 7.19. The highest BCUT2D eigenvalue weighted by Crippen LogP contribution is 2.26. The molecule has 0 fully saturated rings. The van der Waals surface area contributed by atoms with Gasteiger partial charge in [0, 0.05) is 9.58 Å². The van der Waals surface area contributed by atoms with Gasteiger partial charge < -0.3 is 0 Å². The Labute approximate surface area is 129 Å². The van der Waals surface area contributed by atoms with E-state index >= 15 is 0 Å². The van der Waals surface area contributed by atoms with Gasteiger partial charge in [-0.05, 0) is 42.1 Å². The third-order valence-corrected chi connectivity index (χ3v) is 5.10. The van der Waals surface area contributed by atoms with Crippen LogP contribution in [-0.2, 0) is 0 Å². The summed E-state index contributed by atoms with van der Waals surface area (Å²) in [5.74, 6) is 0. The van der Waals surface area contributed by atoms with Crippen molar-refractivity contribution < 1.29 is 0 Å². The van der Waals surface area contributed by atoms with Crippen LogP contribution in [0.2, 0.25) is 0 Å². The van der Waals surface area contributed by atoms with Crippen LogP contribution in [0.25, 0.3) is 21.7 Å². The number of nitrogens with zero attached hydrogens (tertiary/aromatic N) is 2. The van der Waals surface area contributed by atoms with Crippen LogP contribution in [0, 0.1) is 18.3 Å². The number of hydrogen-bond donors (Lipinski definition) is 0. The summed E-state index contributed by atoms with van der Waals surface area (Å²) in [6, 6.07) is 11.5. The Bertz CT molecular complexity index is 945. The van der Waals surface area contributed by atoms with Crippen molar-refractivity contribution in [3.8, 4) is 6.07 Å². The van der Waals surface area contributed by atoms with Crippen molar-refractivity contribution in [3.63, 3.8) is 0 Å². The van der Waals surface area contributed by atoms with Crippen LogP contribution < -0.4 is 5.56 Å². The minimum absolute atomic E-state index is 0.289. The maximum absolute atomic E-state index is 12.1. The van der Waals surface area contributed by atoms with Gasteiger partial charge in [0.05, 0.1) is 11.0 Å². The second-order valence-electron chi connectivity index (χ2n) is 4.46. The molecule has 0 unspecified atom stereocenters. The third-order valence-electron chi connectivity index (χ3n) is 3.06. The highest BCUT2D eigenvalue weighted by atomic mass is 32.1. The van der Waals surface area contributed by atoms with Gasteiger partial charge in [-0.2, -0.15) is 10.2 Å². The van der Waals surface area contributed by atoms with Gasteiger partial charge in [0.25, 0.3) is 5.56 Å². The van der Waals surface area contributed by atoms with Crippen LogP contribution in [0.3, 0.4) is 0 Å². The largest absolute Gasteiger partial charge is 0.279 e. The molecule has 1 aromatic carbocycles. The van der Waals surface area contributed by atoms with Gasteiger partial charge in [0.2, 0.25) is 0 Å². The maximum Gasteiger partial charge on any atom is 0.279 e. The fourth-order valence-electron chi connectivity index (χ4n) is 1.93. The van der Waals surface area contributed by atoms with E-state index in [1.165, 1.54) is 11.3 Å². The molecule has 2 heterocycles. The van der Waals surface area contributed by atoms with Gasteiger partial charge in [-0.3, -0.25) is 4.79 Å². The number of nitriles is 1. The van der Waals surface area contributed by atoms with Crippen molar-refractivity contribution in [2.75, 3.05) is 0 Å². The molecule has 0 saturated carbocycles. The lowest BCUT2D eigenvalue weighted by Gasteiger charge is -2.00. The molecule has 21 heavy (non-hydrogen) atoms. The summed E-state index contributed by atoms with van der Waals surface area (Å²) in [4.78, 5) is 17.1. The first kappa shape index (κ1) is 13.7. The quantitative estimate of drug-likeness (QED) is 0.670. The molecule has 3 aromatic rings. The van der Waals surface area contributed by atoms with Crippen LogP contribution in [0.5, 0.6) is 0 Å². The summed E-state index contributed by atoms with van der Waals surface area (Å²) in [6.07, 6.45) is 1.80. The molecule has 0 aliphatic rings. The molecule has 5 heteroatoms. The maximum atomic E-state index is 12.1. The summed E-state index contributed by atoms with van der Waals surface area (Å²) >= 11 is 2.93. The fourth-order valence-corrected chi connectivity index (χ4v) is 3.75. The number of aryl methyl sites for hydroxylation is 1. The van der Waals surface area contributed by atoms with Crippen molar-refractivity contribution >= 4 is 44.4 Å². The van der Waals surface area contributed by atoms with Gasteiger partial charge in [0.15, 0.2) is 0 Å². The van der Waals surface area contributed by atoms with Gasteiger partial charge in [-0.15, -0.1) is 22.7 Å². The molecule has 0 saturated heterocycles. The average molecular weight is 310 g/mol. The van der Waals surface area contributed by atoms with E-state index < -0.39 is 0 Å². The van der Waals surface area contributed by atoms with Crippen LogP contribution >= 0.6 is 22.7 Å². The molecule has 0 radical (unpaired) electrons. The smallest absolute Gasteiger partial charge is 0.267 e. The van der Waals surface area contributed by atoms with E-state index in [2.05, 4.69) is 11.1 Å². The first-order valence-corrected chi connectivity index (χ1v) is 7.95. The molecule has 0 spiro atoms. The molecular weight excluding hydrogens is 300 g/mol. The van der Waals surface area contributed by atoms with E-state index in [0.717, 1.165) is 15.1 Å². The Morgan fingerprint density at radius 2 is 2.14 bits per heavy atom. The molecule has 0 aliphatic heterocycles. The second kappa shape index (κ2) is 5.60. The summed E-state index contributed by atoms with van der Waals surface area (Å²) in [5.41, 5.74) is 1.25. The number of hydrogen-bond acceptors (Lipinski definition) is 5. The molecular formula is C16H10N2OS2. The molecule has 2 aromatic heterocycles. The zero-order valence-electron chi connectivity index (χ0n) is 11.2. The monoisotopic (exact) mass is 310 g/mol. The Hall–Kier alpha value is -2.29. The van der Waals surface area contributed by atoms with Crippen molar-refractivity contribution in [3.05, 3.63) is 61.5 Å². The summed E-state index contributed by atoms with van der Waals surface area (Å²) in [5, 5.41) is 12.4. The highest BCUT2D eigenvalue weighted by Gasteiger charge is 2.09. The van der Waals surface area contributed by atoms with Crippen molar-refractivity contribution in [2.24, 2.45) is 0 Å². The summed E-state index contributed by atoms with van der Waals surface area (Å²) in [6.45, 7) is 1.99. The van der Waals surface area contributed by atoms with Gasteiger partial charge in [0.1, 0.15) is 11.1 Å². The molecule has 0 amide bonds. The zero-order chi connectivity index (χ0) is 14.8. The van der Waals surface area contributed by atoms with E-state index in [9.17, 15) is 10.1 Å². The van der Waals surface area contributed by atoms with E-state index in [-0.39, 0.29) is 5.56 Å². The van der Waals surface area contributed by atoms with E-state index in [0.29, 0.717) is 16.0 Å². The lowest BCUT2D eigenvalue weighted by Crippen LogP contribution is -2.07. The minimum atomic E-state index is -0.289. The zero-order valence-corrected chi connectivity index (χ0v) is 12.8. The number of aromatic nitrogens is 1. The Balaban J connectivity index is 2.19. The summed E-state index contributed by atoms with van der Waals surface area (Å²) < 4.78 is 0.844. The Kier molecular flexibility index (Phi) is 3.65. The van der Waals surface area contributed by atoms with Crippen LogP contribution in [0.15, 0.2) is 40.5 Å². The van der Waals surface area contributed by atoms with Gasteiger partial charge in [-0.25, -0.2) is 0 Å². The SMILES string of the molecule is Cc1ccsc1C=C(C#N)c1nc(=O)c2ccccc2s1.